The van der Waals surface area contributed by atoms with Gasteiger partial charge in [0.05, 0.1) is 12.9 Å². The minimum atomic E-state index is -1.42. The molecular weight excluding hydrogens is 338 g/mol. The zero-order valence-corrected chi connectivity index (χ0v) is 15.0. The van der Waals surface area contributed by atoms with Crippen molar-refractivity contribution in [3.63, 3.8) is 0 Å². The first-order chi connectivity index (χ1) is 12.0. The van der Waals surface area contributed by atoms with Gasteiger partial charge in [0.15, 0.2) is 5.54 Å². The van der Waals surface area contributed by atoms with E-state index in [9.17, 15) is 14.7 Å². The highest BCUT2D eigenvalue weighted by atomic mass is 32.2. The number of benzene rings is 2. The molecule has 0 spiro atoms. The lowest BCUT2D eigenvalue weighted by molar-refractivity contribution is -0.148. The first-order valence-electron chi connectivity index (χ1n) is 7.88. The number of rotatable bonds is 8. The quantitative estimate of drug-likeness (QED) is 0.708. The minimum absolute atomic E-state index is 0.120. The fourth-order valence-electron chi connectivity index (χ4n) is 2.53. The third-order valence-electron chi connectivity index (χ3n) is 3.93. The molecule has 1 atom stereocenters. The molecule has 2 aromatic carbocycles. The summed E-state index contributed by atoms with van der Waals surface area (Å²) in [5, 5.41) is 12.4. The van der Waals surface area contributed by atoms with Crippen LogP contribution in [0.1, 0.15) is 18.9 Å². The van der Waals surface area contributed by atoms with Gasteiger partial charge in [0.25, 0.3) is 0 Å². The number of hydrogen-bond donors (Lipinski definition) is 2. The van der Waals surface area contributed by atoms with Crippen molar-refractivity contribution in [2.24, 2.45) is 0 Å². The summed E-state index contributed by atoms with van der Waals surface area (Å²) in [4.78, 5) is 25.2. The molecule has 5 nitrogen and oxygen atoms in total. The lowest BCUT2D eigenvalue weighted by Crippen LogP contribution is -2.52. The Morgan fingerprint density at radius 3 is 2.48 bits per heavy atom. The Bertz CT molecular complexity index is 735. The molecule has 2 rings (SSSR count). The molecule has 25 heavy (non-hydrogen) atoms. The summed E-state index contributed by atoms with van der Waals surface area (Å²) in [6.07, 6.45) is 0.252. The van der Waals surface area contributed by atoms with E-state index in [0.29, 0.717) is 11.3 Å². The van der Waals surface area contributed by atoms with E-state index in [2.05, 4.69) is 5.32 Å². The summed E-state index contributed by atoms with van der Waals surface area (Å²) in [5.74, 6) is -0.570. The van der Waals surface area contributed by atoms with E-state index < -0.39 is 11.5 Å². The first-order valence-corrected chi connectivity index (χ1v) is 8.87. The molecule has 2 N–H and O–H groups in total. The Labute approximate surface area is 151 Å². The van der Waals surface area contributed by atoms with Gasteiger partial charge in [-0.3, -0.25) is 4.79 Å². The first kappa shape index (κ1) is 18.9. The Kier molecular flexibility index (Phi) is 6.47. The zero-order valence-electron chi connectivity index (χ0n) is 14.2. The second-order valence-electron chi connectivity index (χ2n) is 5.45. The van der Waals surface area contributed by atoms with E-state index in [4.69, 9.17) is 4.74 Å². The summed E-state index contributed by atoms with van der Waals surface area (Å²) < 4.78 is 5.16. The fraction of sp³-hybridized carbons (Fsp3) is 0.263. The van der Waals surface area contributed by atoms with Gasteiger partial charge in [0.1, 0.15) is 5.75 Å². The third-order valence-corrected chi connectivity index (χ3v) is 4.92. The molecule has 6 heteroatoms. The maximum Gasteiger partial charge on any atom is 0.334 e. The van der Waals surface area contributed by atoms with Crippen molar-refractivity contribution in [1.29, 1.82) is 0 Å². The van der Waals surface area contributed by atoms with E-state index in [1.807, 2.05) is 30.3 Å². The highest BCUT2D eigenvalue weighted by Gasteiger charge is 2.40. The molecule has 1 amide bonds. The topological polar surface area (TPSA) is 75.6 Å². The second-order valence-corrected chi connectivity index (χ2v) is 6.49. The molecule has 0 aliphatic heterocycles. The predicted molar refractivity (Wildman–Crippen MR) is 97.9 cm³/mol. The van der Waals surface area contributed by atoms with E-state index in [0.717, 1.165) is 4.90 Å². The molecule has 0 radical (unpaired) electrons. The van der Waals surface area contributed by atoms with Crippen LogP contribution in [0.3, 0.4) is 0 Å². The number of thioether (sulfide) groups is 1. The third kappa shape index (κ3) is 4.54. The normalized spacial score (nSPS) is 12.9. The van der Waals surface area contributed by atoms with Crippen LogP contribution in [0.4, 0.5) is 0 Å². The maximum absolute atomic E-state index is 12.4. The van der Waals surface area contributed by atoms with Crippen LogP contribution in [-0.4, -0.2) is 29.8 Å². The Hall–Kier alpha value is -2.47. The van der Waals surface area contributed by atoms with Crippen LogP contribution >= 0.6 is 11.8 Å². The zero-order chi connectivity index (χ0) is 18.3. The van der Waals surface area contributed by atoms with Crippen LogP contribution in [0, 0.1) is 0 Å². The van der Waals surface area contributed by atoms with Crippen molar-refractivity contribution in [1.82, 2.24) is 5.32 Å². The van der Waals surface area contributed by atoms with Crippen molar-refractivity contribution in [2.45, 2.75) is 23.8 Å². The average molecular weight is 359 g/mol. The molecule has 132 valence electrons. The number of carbonyl (C=O) groups excluding carboxylic acids is 1. The fourth-order valence-corrected chi connectivity index (χ4v) is 3.27. The van der Waals surface area contributed by atoms with Crippen LogP contribution in [0.25, 0.3) is 0 Å². The van der Waals surface area contributed by atoms with Crippen molar-refractivity contribution < 1.29 is 19.4 Å². The van der Waals surface area contributed by atoms with Gasteiger partial charge in [-0.15, -0.1) is 11.8 Å². The summed E-state index contributed by atoms with van der Waals surface area (Å²) in [5.41, 5.74) is -0.863. The number of carboxylic acids is 1. The summed E-state index contributed by atoms with van der Waals surface area (Å²) in [6, 6.07) is 16.1. The highest BCUT2D eigenvalue weighted by molar-refractivity contribution is 8.00. The maximum atomic E-state index is 12.4. The van der Waals surface area contributed by atoms with Crippen LogP contribution < -0.4 is 10.1 Å². The molecule has 0 bridgehead atoms. The molecular formula is C19H21NO4S. The smallest absolute Gasteiger partial charge is 0.334 e. The van der Waals surface area contributed by atoms with E-state index in [-0.39, 0.29) is 18.1 Å². The van der Waals surface area contributed by atoms with Crippen LogP contribution in [0.15, 0.2) is 59.5 Å². The molecule has 0 saturated carbocycles. The number of amides is 1. The average Bonchev–Trinajstić information content (AvgIpc) is 2.65. The largest absolute Gasteiger partial charge is 0.497 e. The van der Waals surface area contributed by atoms with Crippen LogP contribution in [0.5, 0.6) is 5.75 Å². The van der Waals surface area contributed by atoms with Crippen molar-refractivity contribution in [3.05, 3.63) is 60.2 Å². The molecule has 1 unspecified atom stereocenters. The SMILES string of the molecule is CCC(NC(=O)CSc1cccc(OC)c1)(C(=O)O)c1ccccc1. The number of nitrogens with one attached hydrogen (secondary N) is 1. The number of carboxylic acid groups (broad SMARTS) is 1. The summed E-state index contributed by atoms with van der Waals surface area (Å²) >= 11 is 1.33. The van der Waals surface area contributed by atoms with Crippen LogP contribution in [0.2, 0.25) is 0 Å². The second kappa shape index (κ2) is 8.58. The van der Waals surface area contributed by atoms with Gasteiger partial charge in [0.2, 0.25) is 5.91 Å². The molecule has 0 saturated heterocycles. The Morgan fingerprint density at radius 2 is 1.88 bits per heavy atom. The standard InChI is InChI=1S/C19H21NO4S/c1-3-19(18(22)23,14-8-5-4-6-9-14)20-17(21)13-25-16-11-7-10-15(12-16)24-2/h4-12H,3,13H2,1-2H3,(H,20,21)(H,22,23). The highest BCUT2D eigenvalue weighted by Crippen LogP contribution is 2.27. The summed E-state index contributed by atoms with van der Waals surface area (Å²) in [6.45, 7) is 1.75. The van der Waals surface area contributed by atoms with E-state index in [1.54, 1.807) is 38.3 Å². The molecule has 0 aromatic heterocycles. The number of carbonyl (C=O) groups is 2. The number of methoxy groups -OCH3 is 1. The molecule has 2 aromatic rings. The van der Waals surface area contributed by atoms with Gasteiger partial charge < -0.3 is 15.2 Å². The summed E-state index contributed by atoms with van der Waals surface area (Å²) in [7, 11) is 1.58. The van der Waals surface area contributed by atoms with Gasteiger partial charge in [-0.2, -0.15) is 0 Å². The van der Waals surface area contributed by atoms with Crippen molar-refractivity contribution >= 4 is 23.6 Å². The van der Waals surface area contributed by atoms with Gasteiger partial charge >= 0.3 is 5.97 Å². The lowest BCUT2D eigenvalue weighted by atomic mass is 9.87. The number of aliphatic carboxylic acids is 1. The van der Waals surface area contributed by atoms with E-state index in [1.165, 1.54) is 11.8 Å². The predicted octanol–water partition coefficient (Wildman–Crippen LogP) is 3.29. The van der Waals surface area contributed by atoms with Crippen LogP contribution in [-0.2, 0) is 15.1 Å². The van der Waals surface area contributed by atoms with E-state index >= 15 is 0 Å². The number of hydrogen-bond acceptors (Lipinski definition) is 4. The monoisotopic (exact) mass is 359 g/mol. The van der Waals surface area contributed by atoms with Gasteiger partial charge in [0, 0.05) is 4.90 Å². The molecule has 0 aliphatic carbocycles. The minimum Gasteiger partial charge on any atom is -0.497 e. The molecule has 0 aliphatic rings. The Morgan fingerprint density at radius 1 is 1.16 bits per heavy atom. The Balaban J connectivity index is 2.11. The van der Waals surface area contributed by atoms with Gasteiger partial charge in [-0.25, -0.2) is 4.79 Å². The molecule has 0 fully saturated rings. The van der Waals surface area contributed by atoms with Crippen molar-refractivity contribution in [2.75, 3.05) is 12.9 Å². The lowest BCUT2D eigenvalue weighted by Gasteiger charge is -2.30. The van der Waals surface area contributed by atoms with Crippen molar-refractivity contribution in [3.8, 4) is 5.75 Å². The number of ether oxygens (including phenoxy) is 1. The van der Waals surface area contributed by atoms with Gasteiger partial charge in [-0.05, 0) is 30.2 Å². The molecule has 0 heterocycles. The van der Waals surface area contributed by atoms with Gasteiger partial charge in [-0.1, -0.05) is 43.3 Å².